The Morgan fingerprint density at radius 2 is 1.83 bits per heavy atom. The van der Waals surface area contributed by atoms with E-state index in [0.717, 1.165) is 0 Å². The first kappa shape index (κ1) is 22.7. The third-order valence-corrected chi connectivity index (χ3v) is 4.53. The van der Waals surface area contributed by atoms with Crippen LogP contribution < -0.4 is 4.90 Å². The van der Waals surface area contributed by atoms with Gasteiger partial charge in [0.05, 0.1) is 24.7 Å². The van der Waals surface area contributed by atoms with Crippen molar-refractivity contribution < 1.29 is 23.9 Å². The first-order valence-electron chi connectivity index (χ1n) is 9.62. The number of hydrogen-bond acceptors (Lipinski definition) is 6. The van der Waals surface area contributed by atoms with Gasteiger partial charge in [-0.15, -0.1) is 0 Å². The normalized spacial score (nSPS) is 11.3. The van der Waals surface area contributed by atoms with Crippen molar-refractivity contribution in [3.63, 3.8) is 0 Å². The number of aromatic nitrogens is 1. The number of ether oxygens (including phenoxy) is 2. The molecule has 8 heteroatoms. The average molecular weight is 411 g/mol. The second-order valence-electron chi connectivity index (χ2n) is 6.63. The van der Waals surface area contributed by atoms with Crippen molar-refractivity contribution in [2.75, 3.05) is 18.1 Å². The number of carbonyl (C=O) groups excluding carboxylic acids is 3. The van der Waals surface area contributed by atoms with Crippen LogP contribution in [0, 0.1) is 25.2 Å². The lowest BCUT2D eigenvalue weighted by atomic mass is 10.1. The standard InChI is InChI=1S/C22H25N3O5/c1-5-29-21(27)18-14(2)19(24-15(18)3)22(28)30-16(4)20(26)25(13-9-12-23)17-10-7-6-8-11-17/h6-8,10-11,16,24H,5,9,13H2,1-4H3/t16-/m1/s1. The molecule has 1 heterocycles. The van der Waals surface area contributed by atoms with E-state index in [-0.39, 0.29) is 30.8 Å². The van der Waals surface area contributed by atoms with Crippen molar-refractivity contribution in [2.24, 2.45) is 0 Å². The van der Waals surface area contributed by atoms with Crippen LogP contribution in [0.5, 0.6) is 0 Å². The molecule has 1 aromatic carbocycles. The molecule has 30 heavy (non-hydrogen) atoms. The van der Waals surface area contributed by atoms with Crippen molar-refractivity contribution in [3.8, 4) is 6.07 Å². The highest BCUT2D eigenvalue weighted by molar-refractivity contribution is 6.01. The Kier molecular flexibility index (Phi) is 7.76. The molecule has 0 fully saturated rings. The third kappa shape index (κ3) is 5.06. The lowest BCUT2D eigenvalue weighted by Crippen LogP contribution is -2.40. The SMILES string of the molecule is CCOC(=O)c1c(C)[nH]c(C(=O)O[C@H](C)C(=O)N(CCC#N)c2ccccc2)c1C. The first-order chi connectivity index (χ1) is 14.3. The average Bonchev–Trinajstić information content (AvgIpc) is 3.03. The Morgan fingerprint density at radius 1 is 1.17 bits per heavy atom. The molecule has 2 aromatic rings. The van der Waals surface area contributed by atoms with Gasteiger partial charge in [-0.05, 0) is 45.4 Å². The maximum absolute atomic E-state index is 12.9. The zero-order valence-electron chi connectivity index (χ0n) is 17.5. The smallest absolute Gasteiger partial charge is 0.355 e. The van der Waals surface area contributed by atoms with Crippen molar-refractivity contribution in [1.29, 1.82) is 5.26 Å². The minimum atomic E-state index is -1.09. The molecular formula is C22H25N3O5. The Balaban J connectivity index is 2.20. The topological polar surface area (TPSA) is 112 Å². The summed E-state index contributed by atoms with van der Waals surface area (Å²) in [4.78, 5) is 42.0. The second kappa shape index (κ2) is 10.3. The van der Waals surface area contributed by atoms with Crippen LogP contribution in [-0.2, 0) is 14.3 Å². The molecule has 2 rings (SSSR count). The summed E-state index contributed by atoms with van der Waals surface area (Å²) in [5, 5.41) is 8.90. The van der Waals surface area contributed by atoms with E-state index in [1.54, 1.807) is 45.0 Å². The van der Waals surface area contributed by atoms with Gasteiger partial charge in [0, 0.05) is 17.9 Å². The predicted molar refractivity (Wildman–Crippen MR) is 110 cm³/mol. The van der Waals surface area contributed by atoms with Crippen molar-refractivity contribution >= 4 is 23.5 Å². The van der Waals surface area contributed by atoms with E-state index in [4.69, 9.17) is 14.7 Å². The van der Waals surface area contributed by atoms with E-state index in [2.05, 4.69) is 4.98 Å². The summed E-state index contributed by atoms with van der Waals surface area (Å²) in [5.74, 6) is -1.73. The molecule has 0 spiro atoms. The zero-order valence-corrected chi connectivity index (χ0v) is 17.5. The van der Waals surface area contributed by atoms with Crippen LogP contribution in [0.25, 0.3) is 0 Å². The lowest BCUT2D eigenvalue weighted by molar-refractivity contribution is -0.126. The molecule has 8 nitrogen and oxygen atoms in total. The number of rotatable bonds is 8. The minimum absolute atomic E-state index is 0.0958. The Labute approximate surface area is 175 Å². The number of nitrogens with one attached hydrogen (secondary N) is 1. The van der Waals surface area contributed by atoms with Gasteiger partial charge in [0.25, 0.3) is 5.91 Å². The number of H-pyrrole nitrogens is 1. The number of amides is 1. The second-order valence-corrected chi connectivity index (χ2v) is 6.63. The third-order valence-electron chi connectivity index (χ3n) is 4.53. The largest absolute Gasteiger partial charge is 0.462 e. The van der Waals surface area contributed by atoms with Crippen LogP contribution in [0.4, 0.5) is 5.69 Å². The fraction of sp³-hybridized carbons (Fsp3) is 0.364. The monoisotopic (exact) mass is 411 g/mol. The summed E-state index contributed by atoms with van der Waals surface area (Å²) in [7, 11) is 0. The van der Waals surface area contributed by atoms with Crippen LogP contribution in [0.15, 0.2) is 30.3 Å². The van der Waals surface area contributed by atoms with Gasteiger partial charge < -0.3 is 19.4 Å². The summed E-state index contributed by atoms with van der Waals surface area (Å²) >= 11 is 0. The Bertz CT molecular complexity index is 959. The highest BCUT2D eigenvalue weighted by Gasteiger charge is 2.29. The molecule has 0 saturated heterocycles. The molecule has 0 saturated carbocycles. The van der Waals surface area contributed by atoms with Gasteiger partial charge in [0.15, 0.2) is 6.10 Å². The maximum Gasteiger partial charge on any atom is 0.355 e. The van der Waals surface area contributed by atoms with Gasteiger partial charge in [0.1, 0.15) is 5.69 Å². The number of nitriles is 1. The van der Waals surface area contributed by atoms with Gasteiger partial charge in [-0.25, -0.2) is 9.59 Å². The van der Waals surface area contributed by atoms with E-state index < -0.39 is 23.9 Å². The molecule has 0 aliphatic heterocycles. The number of carbonyl (C=O) groups is 3. The molecule has 0 aliphatic carbocycles. The molecular weight excluding hydrogens is 386 g/mol. The maximum atomic E-state index is 12.9. The van der Waals surface area contributed by atoms with Gasteiger partial charge in [-0.2, -0.15) is 5.26 Å². The molecule has 1 atom stereocenters. The van der Waals surface area contributed by atoms with E-state index in [1.165, 1.54) is 11.8 Å². The van der Waals surface area contributed by atoms with E-state index in [9.17, 15) is 14.4 Å². The van der Waals surface area contributed by atoms with Gasteiger partial charge in [-0.1, -0.05) is 18.2 Å². The quantitative estimate of drug-likeness (QED) is 0.667. The summed E-state index contributed by atoms with van der Waals surface area (Å²) in [5.41, 5.74) is 1.87. The van der Waals surface area contributed by atoms with Crippen LogP contribution >= 0.6 is 0 Å². The summed E-state index contributed by atoms with van der Waals surface area (Å²) in [6.07, 6.45) is -0.954. The van der Waals surface area contributed by atoms with Crippen LogP contribution in [0.1, 0.15) is 52.4 Å². The van der Waals surface area contributed by atoms with E-state index >= 15 is 0 Å². The van der Waals surface area contributed by atoms with Crippen LogP contribution in [0.2, 0.25) is 0 Å². The zero-order chi connectivity index (χ0) is 22.3. The fourth-order valence-electron chi connectivity index (χ4n) is 3.09. The molecule has 0 radical (unpaired) electrons. The van der Waals surface area contributed by atoms with Crippen molar-refractivity contribution in [2.45, 2.75) is 40.2 Å². The predicted octanol–water partition coefficient (Wildman–Crippen LogP) is 3.30. The number of nitrogens with zero attached hydrogens (tertiary/aromatic N) is 2. The minimum Gasteiger partial charge on any atom is -0.462 e. The number of benzene rings is 1. The van der Waals surface area contributed by atoms with Gasteiger partial charge in [0.2, 0.25) is 0 Å². The van der Waals surface area contributed by atoms with Crippen molar-refractivity contribution in [1.82, 2.24) is 4.98 Å². The summed E-state index contributed by atoms with van der Waals surface area (Å²) in [6, 6.07) is 10.9. The Morgan fingerprint density at radius 3 is 2.43 bits per heavy atom. The highest BCUT2D eigenvalue weighted by Crippen LogP contribution is 2.21. The molecule has 0 bridgehead atoms. The number of esters is 2. The van der Waals surface area contributed by atoms with E-state index in [0.29, 0.717) is 16.9 Å². The summed E-state index contributed by atoms with van der Waals surface area (Å²) < 4.78 is 10.4. The Hall–Kier alpha value is -3.60. The van der Waals surface area contributed by atoms with Gasteiger partial charge >= 0.3 is 11.9 Å². The number of hydrogen-bond donors (Lipinski definition) is 1. The highest BCUT2D eigenvalue weighted by atomic mass is 16.5. The number of aromatic amines is 1. The van der Waals surface area contributed by atoms with Crippen molar-refractivity contribution in [3.05, 3.63) is 52.8 Å². The first-order valence-corrected chi connectivity index (χ1v) is 9.62. The number of aryl methyl sites for hydroxylation is 1. The molecule has 0 unspecified atom stereocenters. The molecule has 1 aromatic heterocycles. The van der Waals surface area contributed by atoms with Crippen LogP contribution in [-0.4, -0.2) is 42.1 Å². The van der Waals surface area contributed by atoms with Gasteiger partial charge in [-0.3, -0.25) is 4.79 Å². The summed E-state index contributed by atoms with van der Waals surface area (Å²) in [6.45, 7) is 6.83. The fourth-order valence-corrected chi connectivity index (χ4v) is 3.09. The molecule has 1 amide bonds. The molecule has 0 aliphatic rings. The van der Waals surface area contributed by atoms with E-state index in [1.807, 2.05) is 12.1 Å². The van der Waals surface area contributed by atoms with Crippen LogP contribution in [0.3, 0.4) is 0 Å². The molecule has 158 valence electrons. The number of anilines is 1. The number of para-hydroxylation sites is 1. The molecule has 1 N–H and O–H groups in total. The lowest BCUT2D eigenvalue weighted by Gasteiger charge is -2.25.